The Bertz CT molecular complexity index is 820. The van der Waals surface area contributed by atoms with Gasteiger partial charge in [0, 0.05) is 22.0 Å². The van der Waals surface area contributed by atoms with Gasteiger partial charge in [-0.1, -0.05) is 54.2 Å². The first kappa shape index (κ1) is 17.6. The Kier molecular flexibility index (Phi) is 5.46. The smallest absolute Gasteiger partial charge is 0.283 e. The zero-order valence-electron chi connectivity index (χ0n) is 13.4. The van der Waals surface area contributed by atoms with Crippen LogP contribution in [-0.4, -0.2) is 22.8 Å². The molecule has 1 aliphatic rings. The van der Waals surface area contributed by atoms with Crippen molar-refractivity contribution in [3.05, 3.63) is 77.0 Å². The van der Waals surface area contributed by atoms with E-state index in [1.54, 1.807) is 24.3 Å². The standard InChI is InChI=1S/C19H17ClN2O2S/c1-12-18(25-19(24)22-12)9-13-5-7-16(8-6-13)21-11-17(23)14-3-2-4-15(20)10-14/h2-8,10,18,21H,1,9,11H2,(H,22,24). The fraction of sp³-hybridized carbons (Fsp3) is 0.158. The van der Waals surface area contributed by atoms with Crippen LogP contribution in [0, 0.1) is 0 Å². The van der Waals surface area contributed by atoms with Crippen molar-refractivity contribution < 1.29 is 9.59 Å². The lowest BCUT2D eigenvalue weighted by Gasteiger charge is -2.10. The van der Waals surface area contributed by atoms with E-state index in [0.717, 1.165) is 23.4 Å². The molecule has 4 nitrogen and oxygen atoms in total. The Balaban J connectivity index is 1.55. The second-order valence-electron chi connectivity index (χ2n) is 5.73. The molecule has 1 aliphatic heterocycles. The Morgan fingerprint density at radius 1 is 1.24 bits per heavy atom. The molecule has 0 radical (unpaired) electrons. The molecule has 2 aromatic rings. The van der Waals surface area contributed by atoms with Gasteiger partial charge in [-0.2, -0.15) is 0 Å². The highest BCUT2D eigenvalue weighted by atomic mass is 35.5. The van der Waals surface area contributed by atoms with Crippen molar-refractivity contribution in [3.8, 4) is 0 Å². The number of ketones is 1. The zero-order chi connectivity index (χ0) is 17.8. The Labute approximate surface area is 155 Å². The predicted octanol–water partition coefficient (Wildman–Crippen LogP) is 4.52. The number of hydrogen-bond acceptors (Lipinski definition) is 4. The van der Waals surface area contributed by atoms with Crippen molar-refractivity contribution >= 4 is 40.1 Å². The third-order valence-electron chi connectivity index (χ3n) is 3.88. The minimum atomic E-state index is -0.0483. The monoisotopic (exact) mass is 372 g/mol. The summed E-state index contributed by atoms with van der Waals surface area (Å²) in [7, 11) is 0. The van der Waals surface area contributed by atoms with E-state index in [1.807, 2.05) is 24.3 Å². The second-order valence-corrected chi connectivity index (χ2v) is 7.34. The molecule has 0 bridgehead atoms. The normalized spacial score (nSPS) is 16.6. The number of rotatable bonds is 6. The molecule has 6 heteroatoms. The molecular weight excluding hydrogens is 356 g/mol. The number of carbonyl (C=O) groups excluding carboxylic acids is 2. The first-order chi connectivity index (χ1) is 12.0. The van der Waals surface area contributed by atoms with Crippen LogP contribution in [-0.2, 0) is 6.42 Å². The number of benzene rings is 2. The number of halogens is 1. The highest BCUT2D eigenvalue weighted by Crippen LogP contribution is 2.28. The number of nitrogens with one attached hydrogen (secondary N) is 2. The fourth-order valence-electron chi connectivity index (χ4n) is 2.53. The summed E-state index contributed by atoms with van der Waals surface area (Å²) >= 11 is 7.17. The maximum Gasteiger partial charge on any atom is 0.283 e. The largest absolute Gasteiger partial charge is 0.378 e. The maximum atomic E-state index is 12.2. The van der Waals surface area contributed by atoms with E-state index in [9.17, 15) is 9.59 Å². The van der Waals surface area contributed by atoms with Crippen LogP contribution in [0.5, 0.6) is 0 Å². The Morgan fingerprint density at radius 3 is 2.64 bits per heavy atom. The van der Waals surface area contributed by atoms with E-state index >= 15 is 0 Å². The van der Waals surface area contributed by atoms with Crippen LogP contribution < -0.4 is 10.6 Å². The molecule has 1 atom stereocenters. The molecule has 1 heterocycles. The lowest BCUT2D eigenvalue weighted by Crippen LogP contribution is -2.14. The molecular formula is C19H17ClN2O2S. The summed E-state index contributed by atoms with van der Waals surface area (Å²) in [6.07, 6.45) is 0.740. The molecule has 0 saturated carbocycles. The number of hydrogen-bond donors (Lipinski definition) is 2. The van der Waals surface area contributed by atoms with Crippen LogP contribution in [0.25, 0.3) is 0 Å². The number of carbonyl (C=O) groups is 2. The van der Waals surface area contributed by atoms with Crippen LogP contribution in [0.15, 0.2) is 60.8 Å². The molecule has 1 saturated heterocycles. The first-order valence-electron chi connectivity index (χ1n) is 7.79. The summed E-state index contributed by atoms with van der Waals surface area (Å²) in [5.41, 5.74) is 3.32. The number of Topliss-reactive ketones (excluding diaryl/α,β-unsaturated/α-hetero) is 1. The van der Waals surface area contributed by atoms with Crippen molar-refractivity contribution in [1.29, 1.82) is 0 Å². The van der Waals surface area contributed by atoms with Gasteiger partial charge in [0.15, 0.2) is 5.78 Å². The van der Waals surface area contributed by atoms with Crippen LogP contribution in [0.4, 0.5) is 10.5 Å². The molecule has 3 rings (SSSR count). The van der Waals surface area contributed by atoms with Gasteiger partial charge in [0.1, 0.15) is 0 Å². The molecule has 128 valence electrons. The van der Waals surface area contributed by atoms with Crippen LogP contribution in [0.3, 0.4) is 0 Å². The van der Waals surface area contributed by atoms with Gasteiger partial charge in [-0.15, -0.1) is 0 Å². The molecule has 1 fully saturated rings. The van der Waals surface area contributed by atoms with Gasteiger partial charge in [-0.05, 0) is 36.2 Å². The van der Waals surface area contributed by atoms with Crippen molar-refractivity contribution in [2.75, 3.05) is 11.9 Å². The third kappa shape index (κ3) is 4.65. The van der Waals surface area contributed by atoms with Crippen LogP contribution in [0.1, 0.15) is 15.9 Å². The molecule has 0 aromatic heterocycles. The highest BCUT2D eigenvalue weighted by Gasteiger charge is 2.26. The highest BCUT2D eigenvalue weighted by molar-refractivity contribution is 8.14. The number of amides is 1. The van der Waals surface area contributed by atoms with E-state index in [1.165, 1.54) is 11.8 Å². The van der Waals surface area contributed by atoms with Gasteiger partial charge >= 0.3 is 0 Å². The average Bonchev–Trinajstić information content (AvgIpc) is 2.91. The second kappa shape index (κ2) is 7.76. The van der Waals surface area contributed by atoms with Gasteiger partial charge in [0.2, 0.25) is 0 Å². The maximum absolute atomic E-state index is 12.2. The third-order valence-corrected chi connectivity index (χ3v) is 5.16. The Morgan fingerprint density at radius 2 is 2.00 bits per heavy atom. The van der Waals surface area contributed by atoms with Crippen LogP contribution >= 0.6 is 23.4 Å². The summed E-state index contributed by atoms with van der Waals surface area (Å²) in [4.78, 5) is 23.5. The summed E-state index contributed by atoms with van der Waals surface area (Å²) < 4.78 is 0. The van der Waals surface area contributed by atoms with E-state index in [2.05, 4.69) is 17.2 Å². The minimum absolute atomic E-state index is 0.0187. The van der Waals surface area contributed by atoms with E-state index in [0.29, 0.717) is 10.6 Å². The molecule has 25 heavy (non-hydrogen) atoms. The Hall–Kier alpha value is -2.24. The molecule has 0 aliphatic carbocycles. The van der Waals surface area contributed by atoms with Crippen molar-refractivity contribution in [3.63, 3.8) is 0 Å². The molecule has 1 amide bonds. The van der Waals surface area contributed by atoms with Crippen molar-refractivity contribution in [1.82, 2.24) is 5.32 Å². The summed E-state index contributed by atoms with van der Waals surface area (Å²) in [5.74, 6) is -0.0187. The van der Waals surface area contributed by atoms with E-state index < -0.39 is 0 Å². The van der Waals surface area contributed by atoms with Crippen molar-refractivity contribution in [2.45, 2.75) is 11.7 Å². The van der Waals surface area contributed by atoms with Gasteiger partial charge in [-0.3, -0.25) is 9.59 Å². The lowest BCUT2D eigenvalue weighted by atomic mass is 10.1. The van der Waals surface area contributed by atoms with Crippen LogP contribution in [0.2, 0.25) is 5.02 Å². The topological polar surface area (TPSA) is 58.2 Å². The van der Waals surface area contributed by atoms with Gasteiger partial charge < -0.3 is 10.6 Å². The molecule has 2 aromatic carbocycles. The SMILES string of the molecule is C=C1NC(=O)SC1Cc1ccc(NCC(=O)c2cccc(Cl)c2)cc1. The molecule has 0 spiro atoms. The fourth-order valence-corrected chi connectivity index (χ4v) is 3.64. The molecule has 1 unspecified atom stereocenters. The quantitative estimate of drug-likeness (QED) is 0.732. The zero-order valence-corrected chi connectivity index (χ0v) is 15.0. The van der Waals surface area contributed by atoms with Gasteiger partial charge in [0.25, 0.3) is 5.24 Å². The van der Waals surface area contributed by atoms with E-state index in [-0.39, 0.29) is 22.8 Å². The molecule has 2 N–H and O–H groups in total. The van der Waals surface area contributed by atoms with Crippen molar-refractivity contribution in [2.24, 2.45) is 0 Å². The first-order valence-corrected chi connectivity index (χ1v) is 9.05. The average molecular weight is 373 g/mol. The number of anilines is 1. The summed E-state index contributed by atoms with van der Waals surface area (Å²) in [6, 6.07) is 14.8. The summed E-state index contributed by atoms with van der Waals surface area (Å²) in [5, 5.41) is 6.41. The minimum Gasteiger partial charge on any atom is -0.378 e. The lowest BCUT2D eigenvalue weighted by molar-refractivity contribution is 0.101. The predicted molar refractivity (Wildman–Crippen MR) is 103 cm³/mol. The number of thioether (sulfide) groups is 1. The van der Waals surface area contributed by atoms with Gasteiger partial charge in [-0.25, -0.2) is 0 Å². The van der Waals surface area contributed by atoms with Gasteiger partial charge in [0.05, 0.1) is 11.8 Å². The summed E-state index contributed by atoms with van der Waals surface area (Å²) in [6.45, 7) is 4.07. The van der Waals surface area contributed by atoms with E-state index in [4.69, 9.17) is 11.6 Å².